The maximum absolute atomic E-state index is 11.4. The number of carbonyl (C=O) groups is 1. The summed E-state index contributed by atoms with van der Waals surface area (Å²) in [4.78, 5) is 11.4. The fourth-order valence-corrected chi connectivity index (χ4v) is 1.57. The second-order valence-corrected chi connectivity index (χ2v) is 4.46. The summed E-state index contributed by atoms with van der Waals surface area (Å²) in [6.45, 7) is 6.36. The molecule has 0 aliphatic heterocycles. The lowest BCUT2D eigenvalue weighted by molar-refractivity contribution is -0.121. The molecule has 1 unspecified atom stereocenters. The van der Waals surface area contributed by atoms with Gasteiger partial charge in [0.15, 0.2) is 0 Å². The maximum atomic E-state index is 11.4. The number of carbonyl (C=O) groups excluding carboxylic acids is 1. The van der Waals surface area contributed by atoms with Gasteiger partial charge >= 0.3 is 0 Å². The van der Waals surface area contributed by atoms with Crippen molar-refractivity contribution in [2.45, 2.75) is 52.5 Å². The SMILES string of the molecule is CCCCC(=O)NC(CCl)CC(C)C. The molecule has 0 heterocycles. The highest BCUT2D eigenvalue weighted by Gasteiger charge is 2.12. The van der Waals surface area contributed by atoms with Crippen LogP contribution < -0.4 is 5.32 Å². The van der Waals surface area contributed by atoms with Crippen molar-refractivity contribution in [2.24, 2.45) is 5.92 Å². The van der Waals surface area contributed by atoms with Crippen molar-refractivity contribution in [3.05, 3.63) is 0 Å². The van der Waals surface area contributed by atoms with Crippen LogP contribution >= 0.6 is 11.6 Å². The summed E-state index contributed by atoms with van der Waals surface area (Å²) in [5.74, 6) is 1.22. The van der Waals surface area contributed by atoms with Crippen molar-refractivity contribution >= 4 is 17.5 Å². The van der Waals surface area contributed by atoms with Gasteiger partial charge in [0, 0.05) is 18.3 Å². The van der Waals surface area contributed by atoms with E-state index in [0.717, 1.165) is 19.3 Å². The summed E-state index contributed by atoms with van der Waals surface area (Å²) in [7, 11) is 0. The Morgan fingerprint density at radius 3 is 2.50 bits per heavy atom. The Bertz CT molecular complexity index is 159. The van der Waals surface area contributed by atoms with Crippen LogP contribution in [0.2, 0.25) is 0 Å². The van der Waals surface area contributed by atoms with E-state index >= 15 is 0 Å². The lowest BCUT2D eigenvalue weighted by Crippen LogP contribution is -2.36. The van der Waals surface area contributed by atoms with Crippen molar-refractivity contribution < 1.29 is 4.79 Å². The number of hydrogen-bond acceptors (Lipinski definition) is 1. The normalized spacial score (nSPS) is 12.9. The summed E-state index contributed by atoms with van der Waals surface area (Å²) in [6, 6.07) is 0.140. The van der Waals surface area contributed by atoms with E-state index in [1.165, 1.54) is 0 Å². The van der Waals surface area contributed by atoms with Gasteiger partial charge < -0.3 is 5.32 Å². The summed E-state index contributed by atoms with van der Waals surface area (Å²) < 4.78 is 0. The standard InChI is InChI=1S/C11H22ClNO/c1-4-5-6-11(14)13-10(8-12)7-9(2)3/h9-10H,4-8H2,1-3H3,(H,13,14). The van der Waals surface area contributed by atoms with Gasteiger partial charge in [-0.3, -0.25) is 4.79 Å². The van der Waals surface area contributed by atoms with E-state index in [9.17, 15) is 4.79 Å². The van der Waals surface area contributed by atoms with Crippen LogP contribution in [0.15, 0.2) is 0 Å². The molecule has 0 aliphatic carbocycles. The number of halogens is 1. The highest BCUT2D eigenvalue weighted by Crippen LogP contribution is 2.06. The van der Waals surface area contributed by atoms with E-state index in [2.05, 4.69) is 26.1 Å². The molecule has 0 aromatic rings. The van der Waals surface area contributed by atoms with Crippen LogP contribution in [0.5, 0.6) is 0 Å². The molecule has 0 aromatic carbocycles. The molecule has 1 N–H and O–H groups in total. The van der Waals surface area contributed by atoms with Crippen LogP contribution in [0.25, 0.3) is 0 Å². The molecular weight excluding hydrogens is 198 g/mol. The average molecular weight is 220 g/mol. The van der Waals surface area contributed by atoms with Crippen LogP contribution in [0.1, 0.15) is 46.5 Å². The molecule has 0 spiro atoms. The average Bonchev–Trinajstić information content (AvgIpc) is 2.12. The molecule has 1 amide bonds. The molecule has 1 atom stereocenters. The van der Waals surface area contributed by atoms with Crippen molar-refractivity contribution in [3.8, 4) is 0 Å². The Morgan fingerprint density at radius 2 is 2.07 bits per heavy atom. The molecule has 3 heteroatoms. The van der Waals surface area contributed by atoms with Gasteiger partial charge in [0.25, 0.3) is 0 Å². The fourth-order valence-electron chi connectivity index (χ4n) is 1.37. The van der Waals surface area contributed by atoms with Crippen LogP contribution in [0, 0.1) is 5.92 Å². The second kappa shape index (κ2) is 8.10. The van der Waals surface area contributed by atoms with E-state index in [4.69, 9.17) is 11.6 Å². The molecule has 0 saturated heterocycles. The van der Waals surface area contributed by atoms with Gasteiger partial charge in [0.05, 0.1) is 0 Å². The first-order valence-corrected chi connectivity index (χ1v) is 5.98. The molecule has 2 nitrogen and oxygen atoms in total. The topological polar surface area (TPSA) is 29.1 Å². The van der Waals surface area contributed by atoms with Gasteiger partial charge in [0.2, 0.25) is 5.91 Å². The van der Waals surface area contributed by atoms with Crippen molar-refractivity contribution in [2.75, 3.05) is 5.88 Å². The molecule has 0 saturated carbocycles. The first kappa shape index (κ1) is 13.8. The number of alkyl halides is 1. The van der Waals surface area contributed by atoms with Gasteiger partial charge in [-0.2, -0.15) is 0 Å². The summed E-state index contributed by atoms with van der Waals surface area (Å²) >= 11 is 5.78. The van der Waals surface area contributed by atoms with E-state index in [0.29, 0.717) is 18.2 Å². The molecule has 0 fully saturated rings. The van der Waals surface area contributed by atoms with Crippen LogP contribution in [-0.2, 0) is 4.79 Å². The van der Waals surface area contributed by atoms with E-state index in [-0.39, 0.29) is 11.9 Å². The molecular formula is C11H22ClNO. The van der Waals surface area contributed by atoms with E-state index < -0.39 is 0 Å². The highest BCUT2D eigenvalue weighted by atomic mass is 35.5. The van der Waals surface area contributed by atoms with E-state index in [1.807, 2.05) is 0 Å². The van der Waals surface area contributed by atoms with Gasteiger partial charge in [-0.05, 0) is 18.8 Å². The number of amides is 1. The Labute approximate surface area is 92.4 Å². The minimum Gasteiger partial charge on any atom is -0.352 e. The molecule has 0 aromatic heterocycles. The lowest BCUT2D eigenvalue weighted by Gasteiger charge is -2.17. The number of rotatable bonds is 7. The number of nitrogens with one attached hydrogen (secondary N) is 1. The van der Waals surface area contributed by atoms with Crippen LogP contribution in [0.4, 0.5) is 0 Å². The van der Waals surface area contributed by atoms with Gasteiger partial charge in [-0.1, -0.05) is 27.2 Å². The number of unbranched alkanes of at least 4 members (excludes halogenated alkanes) is 1. The summed E-state index contributed by atoms with van der Waals surface area (Å²) in [6.07, 6.45) is 3.61. The van der Waals surface area contributed by atoms with Gasteiger partial charge in [0.1, 0.15) is 0 Å². The zero-order valence-electron chi connectivity index (χ0n) is 9.48. The van der Waals surface area contributed by atoms with Crippen molar-refractivity contribution in [1.82, 2.24) is 5.32 Å². The van der Waals surface area contributed by atoms with Gasteiger partial charge in [-0.15, -0.1) is 11.6 Å². The van der Waals surface area contributed by atoms with Crippen LogP contribution in [0.3, 0.4) is 0 Å². The molecule has 0 radical (unpaired) electrons. The zero-order valence-corrected chi connectivity index (χ0v) is 10.2. The Balaban J connectivity index is 3.74. The van der Waals surface area contributed by atoms with E-state index in [1.54, 1.807) is 0 Å². The maximum Gasteiger partial charge on any atom is 0.220 e. The minimum atomic E-state index is 0.137. The summed E-state index contributed by atoms with van der Waals surface area (Å²) in [5, 5.41) is 2.96. The predicted molar refractivity (Wildman–Crippen MR) is 61.6 cm³/mol. The monoisotopic (exact) mass is 219 g/mol. The predicted octanol–water partition coefficient (Wildman–Crippen LogP) is 2.95. The fraction of sp³-hybridized carbons (Fsp3) is 0.909. The Morgan fingerprint density at radius 1 is 1.43 bits per heavy atom. The Kier molecular flexibility index (Phi) is 7.96. The zero-order chi connectivity index (χ0) is 11.0. The highest BCUT2D eigenvalue weighted by molar-refractivity contribution is 6.18. The smallest absolute Gasteiger partial charge is 0.220 e. The molecule has 0 bridgehead atoms. The largest absolute Gasteiger partial charge is 0.352 e. The first-order chi connectivity index (χ1) is 6.60. The van der Waals surface area contributed by atoms with Crippen molar-refractivity contribution in [1.29, 1.82) is 0 Å². The van der Waals surface area contributed by atoms with Gasteiger partial charge in [-0.25, -0.2) is 0 Å². The molecule has 0 rings (SSSR count). The third kappa shape index (κ3) is 7.19. The Hall–Kier alpha value is -0.240. The third-order valence-corrected chi connectivity index (χ3v) is 2.44. The first-order valence-electron chi connectivity index (χ1n) is 5.45. The van der Waals surface area contributed by atoms with Crippen molar-refractivity contribution in [3.63, 3.8) is 0 Å². The van der Waals surface area contributed by atoms with Crippen LogP contribution in [-0.4, -0.2) is 17.8 Å². The quantitative estimate of drug-likeness (QED) is 0.656. The third-order valence-electron chi connectivity index (χ3n) is 2.06. The minimum absolute atomic E-state index is 0.137. The molecule has 14 heavy (non-hydrogen) atoms. The molecule has 84 valence electrons. The summed E-state index contributed by atoms with van der Waals surface area (Å²) in [5.41, 5.74) is 0. The second-order valence-electron chi connectivity index (χ2n) is 4.15. The molecule has 0 aliphatic rings. The number of hydrogen-bond donors (Lipinski definition) is 1. The lowest BCUT2D eigenvalue weighted by atomic mass is 10.0.